The zero-order valence-electron chi connectivity index (χ0n) is 23.8. The van der Waals surface area contributed by atoms with E-state index in [-0.39, 0.29) is 11.1 Å². The van der Waals surface area contributed by atoms with Crippen LogP contribution in [0.1, 0.15) is 52.9 Å². The first-order valence-corrected chi connectivity index (χ1v) is 14.0. The van der Waals surface area contributed by atoms with Gasteiger partial charge in [0.05, 0.1) is 22.1 Å². The summed E-state index contributed by atoms with van der Waals surface area (Å²) in [5.41, 5.74) is 9.35. The summed E-state index contributed by atoms with van der Waals surface area (Å²) in [6.45, 7) is 7.89. The predicted octanol–water partition coefficient (Wildman–Crippen LogP) is 6.46. The van der Waals surface area contributed by atoms with Crippen LogP contribution in [0.2, 0.25) is 10.0 Å². The number of hydrazine groups is 1. The van der Waals surface area contributed by atoms with Gasteiger partial charge in [-0.2, -0.15) is 5.10 Å². The number of halogens is 2. The van der Waals surface area contributed by atoms with Gasteiger partial charge in [0.15, 0.2) is 5.69 Å². The van der Waals surface area contributed by atoms with Crippen molar-refractivity contribution in [3.63, 3.8) is 0 Å². The molecule has 0 aliphatic heterocycles. The Kier molecular flexibility index (Phi) is 8.43. The van der Waals surface area contributed by atoms with Crippen LogP contribution >= 0.6 is 23.2 Å². The van der Waals surface area contributed by atoms with Crippen LogP contribution in [0.15, 0.2) is 79.3 Å². The Balaban J connectivity index is 1.31. The highest BCUT2D eigenvalue weighted by atomic mass is 35.5. The normalized spacial score (nSPS) is 11.2. The van der Waals surface area contributed by atoms with Crippen LogP contribution in [0, 0.1) is 6.92 Å². The molecule has 3 aromatic heterocycles. The molecule has 0 aliphatic rings. The smallest absolute Gasteiger partial charge is 0.290 e. The molecule has 0 unspecified atom stereocenters. The van der Waals surface area contributed by atoms with Crippen LogP contribution in [-0.4, -0.2) is 36.5 Å². The van der Waals surface area contributed by atoms with Crippen LogP contribution in [0.3, 0.4) is 0 Å². The van der Waals surface area contributed by atoms with Gasteiger partial charge in [-0.25, -0.2) is 14.6 Å². The Morgan fingerprint density at radius 1 is 0.907 bits per heavy atom. The molecule has 218 valence electrons. The van der Waals surface area contributed by atoms with Crippen LogP contribution in [0.25, 0.3) is 16.9 Å². The van der Waals surface area contributed by atoms with Crippen molar-refractivity contribution in [3.05, 3.63) is 112 Å². The molecule has 3 heterocycles. The topological polar surface area (TPSA) is 127 Å². The first-order valence-electron chi connectivity index (χ1n) is 13.3. The van der Waals surface area contributed by atoms with Crippen molar-refractivity contribution >= 4 is 46.7 Å². The second-order valence-electron chi connectivity index (χ2n) is 10.7. The fourth-order valence-electron chi connectivity index (χ4n) is 4.23. The Morgan fingerprint density at radius 3 is 2.42 bits per heavy atom. The highest BCUT2D eigenvalue weighted by Crippen LogP contribution is 2.30. The number of nitrogens with one attached hydrogen (secondary N) is 3. The number of nitrogens with zero attached hydrogens (tertiary/aromatic N) is 5. The molecule has 0 aliphatic carbocycles. The minimum atomic E-state index is -0.589. The van der Waals surface area contributed by atoms with E-state index in [0.29, 0.717) is 38.6 Å². The molecule has 0 radical (unpaired) electrons. The summed E-state index contributed by atoms with van der Waals surface area (Å²) in [5.74, 6) is -0.743. The maximum atomic E-state index is 13.1. The minimum Gasteiger partial charge on any atom is -0.324 e. The number of carbonyl (C=O) groups is 2. The fraction of sp³-hybridized carbons (Fsp3) is 0.161. The first-order chi connectivity index (χ1) is 20.5. The first kappa shape index (κ1) is 29.7. The summed E-state index contributed by atoms with van der Waals surface area (Å²) in [6.07, 6.45) is 5.06. The Labute approximate surface area is 258 Å². The van der Waals surface area contributed by atoms with Gasteiger partial charge in [0.2, 0.25) is 5.95 Å². The largest absolute Gasteiger partial charge is 0.324 e. The molecule has 5 aromatic rings. The van der Waals surface area contributed by atoms with E-state index in [2.05, 4.69) is 36.2 Å². The molecule has 12 heteroatoms. The van der Waals surface area contributed by atoms with Crippen LogP contribution in [0.4, 0.5) is 11.6 Å². The van der Waals surface area contributed by atoms with Gasteiger partial charge in [-0.05, 0) is 67.1 Å². The predicted molar refractivity (Wildman–Crippen MR) is 167 cm³/mol. The lowest BCUT2D eigenvalue weighted by Gasteiger charge is -2.20. The summed E-state index contributed by atoms with van der Waals surface area (Å²) in [7, 11) is 0. The van der Waals surface area contributed by atoms with Crippen molar-refractivity contribution in [2.24, 2.45) is 0 Å². The second-order valence-corrected chi connectivity index (χ2v) is 11.6. The highest BCUT2D eigenvalue weighted by molar-refractivity contribution is 6.35. The third-order valence-corrected chi connectivity index (χ3v) is 7.03. The standard InChI is InChI=1S/C31H28Cl2N8O2/c1-18-7-8-19(14-24(18)37-30-35-13-11-23(36-30)20-6-5-12-34-17-20)28(42)38-39-29(43)25-16-27(31(2,3)4)41(40-25)26-10-9-21(32)15-22(26)33/h5-17H,1-4H3,(H,38,42)(H,39,43)(H,35,36,37). The summed E-state index contributed by atoms with van der Waals surface area (Å²) < 4.78 is 1.61. The summed E-state index contributed by atoms with van der Waals surface area (Å²) >= 11 is 12.5. The Morgan fingerprint density at radius 2 is 1.70 bits per heavy atom. The van der Waals surface area contributed by atoms with Crippen molar-refractivity contribution in [2.75, 3.05) is 5.32 Å². The number of pyridine rings is 1. The van der Waals surface area contributed by atoms with Crippen molar-refractivity contribution in [1.82, 2.24) is 35.6 Å². The molecule has 0 saturated heterocycles. The SMILES string of the molecule is Cc1ccc(C(=O)NNC(=O)c2cc(C(C)(C)C)n(-c3ccc(Cl)cc3Cl)n2)cc1Nc1nccc(-c2cccnc2)n1. The number of aromatic nitrogens is 5. The quantitative estimate of drug-likeness (QED) is 0.187. The zero-order chi connectivity index (χ0) is 30.7. The third-order valence-electron chi connectivity index (χ3n) is 6.50. The molecule has 2 aromatic carbocycles. The average molecular weight is 616 g/mol. The Hall–Kier alpha value is -4.80. The van der Waals surface area contributed by atoms with Gasteiger partial charge in [0.1, 0.15) is 0 Å². The van der Waals surface area contributed by atoms with Crippen molar-refractivity contribution in [1.29, 1.82) is 0 Å². The van der Waals surface area contributed by atoms with Crippen molar-refractivity contribution in [2.45, 2.75) is 33.1 Å². The van der Waals surface area contributed by atoms with Gasteiger partial charge in [-0.15, -0.1) is 0 Å². The van der Waals surface area contributed by atoms with Gasteiger partial charge in [0, 0.05) is 45.8 Å². The number of aryl methyl sites for hydroxylation is 1. The number of benzene rings is 2. The molecule has 43 heavy (non-hydrogen) atoms. The van der Waals surface area contributed by atoms with Crippen molar-refractivity contribution in [3.8, 4) is 16.9 Å². The lowest BCUT2D eigenvalue weighted by atomic mass is 9.91. The van der Waals surface area contributed by atoms with E-state index in [1.54, 1.807) is 71.8 Å². The maximum Gasteiger partial charge on any atom is 0.290 e. The van der Waals surface area contributed by atoms with E-state index in [9.17, 15) is 9.59 Å². The Bertz CT molecular complexity index is 1820. The van der Waals surface area contributed by atoms with Gasteiger partial charge in [0.25, 0.3) is 11.8 Å². The maximum absolute atomic E-state index is 13.1. The molecule has 3 N–H and O–H groups in total. The molecule has 0 bridgehead atoms. The van der Waals surface area contributed by atoms with Crippen LogP contribution in [0.5, 0.6) is 0 Å². The molecule has 2 amide bonds. The lowest BCUT2D eigenvalue weighted by Crippen LogP contribution is -2.41. The number of rotatable bonds is 6. The van der Waals surface area contributed by atoms with E-state index >= 15 is 0 Å². The molecule has 10 nitrogen and oxygen atoms in total. The number of carbonyl (C=O) groups excluding carboxylic acids is 2. The van der Waals surface area contributed by atoms with E-state index in [4.69, 9.17) is 23.2 Å². The lowest BCUT2D eigenvalue weighted by molar-refractivity contribution is 0.0843. The molecule has 0 fully saturated rings. The van der Waals surface area contributed by atoms with Crippen LogP contribution in [-0.2, 0) is 5.41 Å². The molecular formula is C31H28Cl2N8O2. The third kappa shape index (κ3) is 6.82. The van der Waals surface area contributed by atoms with E-state index in [0.717, 1.165) is 16.8 Å². The van der Waals surface area contributed by atoms with Crippen LogP contribution < -0.4 is 16.2 Å². The molecule has 0 saturated carbocycles. The zero-order valence-corrected chi connectivity index (χ0v) is 25.3. The van der Waals surface area contributed by atoms with E-state index in [1.165, 1.54) is 0 Å². The van der Waals surface area contributed by atoms with E-state index in [1.807, 2.05) is 39.8 Å². The molecule has 0 atom stereocenters. The molecular weight excluding hydrogens is 587 g/mol. The number of amides is 2. The number of anilines is 2. The van der Waals surface area contributed by atoms with Gasteiger partial charge in [-0.1, -0.05) is 50.0 Å². The molecule has 0 spiro atoms. The average Bonchev–Trinajstić information content (AvgIpc) is 3.44. The number of hydrogen-bond acceptors (Lipinski definition) is 7. The summed E-state index contributed by atoms with van der Waals surface area (Å²) in [6, 6.07) is 17.3. The highest BCUT2D eigenvalue weighted by Gasteiger charge is 2.25. The number of hydrogen-bond donors (Lipinski definition) is 3. The molecule has 5 rings (SSSR count). The van der Waals surface area contributed by atoms with E-state index < -0.39 is 11.8 Å². The summed E-state index contributed by atoms with van der Waals surface area (Å²) in [4.78, 5) is 39.1. The van der Waals surface area contributed by atoms with Crippen molar-refractivity contribution < 1.29 is 9.59 Å². The summed E-state index contributed by atoms with van der Waals surface area (Å²) in [5, 5.41) is 8.53. The van der Waals surface area contributed by atoms with Gasteiger partial charge in [-0.3, -0.25) is 25.4 Å². The minimum absolute atomic E-state index is 0.105. The van der Waals surface area contributed by atoms with Gasteiger partial charge < -0.3 is 5.32 Å². The van der Waals surface area contributed by atoms with Gasteiger partial charge >= 0.3 is 0 Å². The second kappa shape index (κ2) is 12.2. The fourth-order valence-corrected chi connectivity index (χ4v) is 4.71. The monoisotopic (exact) mass is 614 g/mol.